The largest absolute Gasteiger partial charge is 0.397 e. The van der Waals surface area contributed by atoms with Crippen LogP contribution in [-0.4, -0.2) is 40.6 Å². The summed E-state index contributed by atoms with van der Waals surface area (Å²) in [5.74, 6) is 0.219. The van der Waals surface area contributed by atoms with E-state index in [0.29, 0.717) is 18.7 Å². The number of fused-ring (bicyclic) bond motifs is 1. The van der Waals surface area contributed by atoms with E-state index >= 15 is 0 Å². The van der Waals surface area contributed by atoms with Gasteiger partial charge in [-0.05, 0) is 25.0 Å². The molecule has 106 valence electrons. The highest BCUT2D eigenvalue weighted by Gasteiger charge is 2.17. The summed E-state index contributed by atoms with van der Waals surface area (Å²) in [5.41, 5.74) is 8.44. The van der Waals surface area contributed by atoms with Gasteiger partial charge in [0.25, 0.3) is 0 Å². The van der Waals surface area contributed by atoms with E-state index in [0.717, 1.165) is 42.5 Å². The first-order chi connectivity index (χ1) is 9.74. The van der Waals surface area contributed by atoms with Crippen molar-refractivity contribution in [3.8, 4) is 0 Å². The highest BCUT2D eigenvalue weighted by Crippen LogP contribution is 2.24. The minimum atomic E-state index is 0.219. The standard InChI is InChI=1S/C14H19N5O/c15-11-7-10-9-17-18-12(10)8-13(11)16-4-3-14(20)19-5-1-2-6-19/h7-9,16H,1-6,15H2,(H,17,18). The minimum Gasteiger partial charge on any atom is -0.397 e. The number of nitrogens with one attached hydrogen (secondary N) is 2. The Morgan fingerprint density at radius 2 is 2.20 bits per heavy atom. The van der Waals surface area contributed by atoms with Crippen molar-refractivity contribution >= 4 is 28.2 Å². The molecule has 0 unspecified atom stereocenters. The van der Waals surface area contributed by atoms with Crippen LogP contribution in [0.4, 0.5) is 11.4 Å². The number of H-pyrrole nitrogens is 1. The Morgan fingerprint density at radius 3 is 3.00 bits per heavy atom. The molecule has 6 heteroatoms. The second kappa shape index (κ2) is 5.40. The number of benzene rings is 1. The number of rotatable bonds is 4. The molecule has 3 rings (SSSR count). The molecule has 1 saturated heterocycles. The quantitative estimate of drug-likeness (QED) is 0.738. The van der Waals surface area contributed by atoms with Crippen LogP contribution in [0, 0.1) is 0 Å². The zero-order valence-electron chi connectivity index (χ0n) is 11.4. The molecule has 2 heterocycles. The molecule has 1 amide bonds. The van der Waals surface area contributed by atoms with Crippen LogP contribution in [0.15, 0.2) is 18.3 Å². The molecule has 0 bridgehead atoms. The Morgan fingerprint density at radius 1 is 1.40 bits per heavy atom. The smallest absolute Gasteiger partial charge is 0.224 e. The lowest BCUT2D eigenvalue weighted by Gasteiger charge is -2.16. The lowest BCUT2D eigenvalue weighted by Crippen LogP contribution is -2.29. The molecule has 0 saturated carbocycles. The van der Waals surface area contributed by atoms with Gasteiger partial charge in [-0.1, -0.05) is 0 Å². The summed E-state index contributed by atoms with van der Waals surface area (Å²) in [6.07, 6.45) is 4.50. The monoisotopic (exact) mass is 273 g/mol. The topological polar surface area (TPSA) is 87.0 Å². The average molecular weight is 273 g/mol. The van der Waals surface area contributed by atoms with Crippen LogP contribution in [0.2, 0.25) is 0 Å². The predicted octanol–water partition coefficient (Wildman–Crippen LogP) is 1.57. The number of carbonyl (C=O) groups excluding carboxylic acids is 1. The van der Waals surface area contributed by atoms with Crippen LogP contribution in [-0.2, 0) is 4.79 Å². The van der Waals surface area contributed by atoms with Gasteiger partial charge in [0.2, 0.25) is 5.91 Å². The maximum atomic E-state index is 11.9. The molecule has 0 spiro atoms. The number of aromatic nitrogens is 2. The van der Waals surface area contributed by atoms with E-state index in [4.69, 9.17) is 5.73 Å². The van der Waals surface area contributed by atoms with Gasteiger partial charge in [0.05, 0.1) is 23.1 Å². The van der Waals surface area contributed by atoms with Crippen molar-refractivity contribution < 1.29 is 4.79 Å². The molecule has 6 nitrogen and oxygen atoms in total. The first kappa shape index (κ1) is 12.8. The van der Waals surface area contributed by atoms with Gasteiger partial charge in [-0.25, -0.2) is 0 Å². The van der Waals surface area contributed by atoms with Gasteiger partial charge in [-0.15, -0.1) is 0 Å². The predicted molar refractivity (Wildman–Crippen MR) is 79.4 cm³/mol. The normalized spacial score (nSPS) is 14.9. The van der Waals surface area contributed by atoms with Gasteiger partial charge in [-0.3, -0.25) is 9.89 Å². The second-order valence-electron chi connectivity index (χ2n) is 5.16. The highest BCUT2D eigenvalue weighted by atomic mass is 16.2. The number of nitrogens with zero attached hydrogens (tertiary/aromatic N) is 2. The number of anilines is 2. The van der Waals surface area contributed by atoms with Crippen molar-refractivity contribution in [2.45, 2.75) is 19.3 Å². The molecule has 1 fully saturated rings. The number of nitrogens with two attached hydrogens (primary N) is 1. The van der Waals surface area contributed by atoms with E-state index in [9.17, 15) is 4.79 Å². The first-order valence-corrected chi connectivity index (χ1v) is 6.98. The van der Waals surface area contributed by atoms with E-state index in [1.54, 1.807) is 6.20 Å². The van der Waals surface area contributed by atoms with Gasteiger partial charge in [0, 0.05) is 31.4 Å². The summed E-state index contributed by atoms with van der Waals surface area (Å²) < 4.78 is 0. The summed E-state index contributed by atoms with van der Waals surface area (Å²) in [5, 5.41) is 11.1. The van der Waals surface area contributed by atoms with Crippen molar-refractivity contribution in [2.75, 3.05) is 30.7 Å². The molecular formula is C14H19N5O. The fourth-order valence-corrected chi connectivity index (χ4v) is 2.59. The third-order valence-electron chi connectivity index (χ3n) is 3.72. The number of amides is 1. The Bertz CT molecular complexity index is 615. The zero-order valence-corrected chi connectivity index (χ0v) is 11.4. The van der Waals surface area contributed by atoms with Crippen LogP contribution < -0.4 is 11.1 Å². The molecule has 0 radical (unpaired) electrons. The van der Waals surface area contributed by atoms with Crippen LogP contribution >= 0.6 is 0 Å². The molecule has 4 N–H and O–H groups in total. The summed E-state index contributed by atoms with van der Waals surface area (Å²) in [4.78, 5) is 13.9. The van der Waals surface area contributed by atoms with Crippen molar-refractivity contribution in [3.63, 3.8) is 0 Å². The Labute approximate surface area is 117 Å². The number of carbonyl (C=O) groups is 1. The Hall–Kier alpha value is -2.24. The van der Waals surface area contributed by atoms with E-state index in [-0.39, 0.29) is 5.91 Å². The molecule has 2 aromatic rings. The summed E-state index contributed by atoms with van der Waals surface area (Å²) in [6, 6.07) is 3.81. The van der Waals surface area contributed by atoms with Gasteiger partial charge >= 0.3 is 0 Å². The number of nitrogen functional groups attached to an aromatic ring is 1. The Balaban J connectivity index is 1.59. The second-order valence-corrected chi connectivity index (χ2v) is 5.16. The third-order valence-corrected chi connectivity index (χ3v) is 3.72. The lowest BCUT2D eigenvalue weighted by atomic mass is 10.2. The van der Waals surface area contributed by atoms with Crippen molar-refractivity contribution in [1.82, 2.24) is 15.1 Å². The molecule has 1 aliphatic heterocycles. The summed E-state index contributed by atoms with van der Waals surface area (Å²) >= 11 is 0. The average Bonchev–Trinajstić information content (AvgIpc) is 3.08. The fraction of sp³-hybridized carbons (Fsp3) is 0.429. The van der Waals surface area contributed by atoms with Gasteiger partial charge < -0.3 is 16.0 Å². The van der Waals surface area contributed by atoms with Crippen molar-refractivity contribution in [1.29, 1.82) is 0 Å². The van der Waals surface area contributed by atoms with E-state index in [1.165, 1.54) is 0 Å². The number of aromatic amines is 1. The van der Waals surface area contributed by atoms with Crippen LogP contribution in [0.5, 0.6) is 0 Å². The van der Waals surface area contributed by atoms with Crippen molar-refractivity contribution in [3.05, 3.63) is 18.3 Å². The first-order valence-electron chi connectivity index (χ1n) is 6.98. The van der Waals surface area contributed by atoms with Crippen LogP contribution in [0.25, 0.3) is 10.9 Å². The van der Waals surface area contributed by atoms with E-state index < -0.39 is 0 Å². The SMILES string of the molecule is Nc1cc2cn[nH]c2cc1NCCC(=O)N1CCCC1. The zero-order chi connectivity index (χ0) is 13.9. The van der Waals surface area contributed by atoms with Gasteiger partial charge in [0.15, 0.2) is 0 Å². The summed E-state index contributed by atoms with van der Waals surface area (Å²) in [6.45, 7) is 2.40. The van der Waals surface area contributed by atoms with E-state index in [2.05, 4.69) is 15.5 Å². The van der Waals surface area contributed by atoms with Crippen LogP contribution in [0.1, 0.15) is 19.3 Å². The molecule has 1 aromatic heterocycles. The number of hydrogen-bond acceptors (Lipinski definition) is 4. The van der Waals surface area contributed by atoms with Crippen molar-refractivity contribution in [2.24, 2.45) is 0 Å². The van der Waals surface area contributed by atoms with Crippen LogP contribution in [0.3, 0.4) is 0 Å². The molecule has 0 aliphatic carbocycles. The molecule has 0 atom stereocenters. The van der Waals surface area contributed by atoms with Gasteiger partial charge in [-0.2, -0.15) is 5.10 Å². The van der Waals surface area contributed by atoms with Gasteiger partial charge in [0.1, 0.15) is 0 Å². The number of hydrogen-bond donors (Lipinski definition) is 3. The Kier molecular flexibility index (Phi) is 3.45. The third kappa shape index (κ3) is 2.54. The minimum absolute atomic E-state index is 0.219. The molecule has 1 aromatic carbocycles. The summed E-state index contributed by atoms with van der Waals surface area (Å²) in [7, 11) is 0. The maximum Gasteiger partial charge on any atom is 0.224 e. The highest BCUT2D eigenvalue weighted by molar-refractivity contribution is 5.88. The molecule has 1 aliphatic rings. The lowest BCUT2D eigenvalue weighted by molar-refractivity contribution is -0.129. The molecular weight excluding hydrogens is 254 g/mol. The fourth-order valence-electron chi connectivity index (χ4n) is 2.59. The van der Waals surface area contributed by atoms with E-state index in [1.807, 2.05) is 17.0 Å². The molecule has 20 heavy (non-hydrogen) atoms. The maximum absolute atomic E-state index is 11.9. The number of likely N-dealkylation sites (tertiary alicyclic amines) is 1.